The maximum Gasteiger partial charge on any atom is 0.159 e. The first-order valence-corrected chi connectivity index (χ1v) is 10.8. The topological polar surface area (TPSA) is 49.6 Å². The number of halogens is 1. The second-order valence-electron chi connectivity index (χ2n) is 8.23. The van der Waals surface area contributed by atoms with E-state index in [9.17, 15) is 4.39 Å². The van der Waals surface area contributed by atoms with E-state index in [2.05, 4.69) is 41.2 Å². The zero-order chi connectivity index (χ0) is 20.9. The van der Waals surface area contributed by atoms with Gasteiger partial charge in [-0.3, -0.25) is 0 Å². The molecule has 0 saturated heterocycles. The van der Waals surface area contributed by atoms with Gasteiger partial charge >= 0.3 is 0 Å². The highest BCUT2D eigenvalue weighted by Gasteiger charge is 2.21. The molecule has 152 valence electrons. The molecule has 0 spiro atoms. The van der Waals surface area contributed by atoms with Crippen LogP contribution in [0.25, 0.3) is 22.5 Å². The maximum atomic E-state index is 13.9. The largest absolute Gasteiger partial charge is 0.236 e. The van der Waals surface area contributed by atoms with Gasteiger partial charge in [0.25, 0.3) is 0 Å². The van der Waals surface area contributed by atoms with E-state index in [-0.39, 0.29) is 5.56 Å². The van der Waals surface area contributed by atoms with Gasteiger partial charge in [0.05, 0.1) is 5.56 Å². The molecule has 0 amide bonds. The van der Waals surface area contributed by atoms with E-state index in [0.29, 0.717) is 17.3 Å². The minimum absolute atomic E-state index is 0.0225. The quantitative estimate of drug-likeness (QED) is 0.469. The van der Waals surface area contributed by atoms with Crippen molar-refractivity contribution < 1.29 is 4.39 Å². The van der Waals surface area contributed by atoms with Crippen molar-refractivity contribution in [1.29, 1.82) is 5.26 Å². The Bertz CT molecular complexity index is 1030. The number of hydrogen-bond donors (Lipinski definition) is 0. The number of nitrogens with zero attached hydrogens (tertiary/aromatic N) is 3. The third-order valence-corrected chi connectivity index (χ3v) is 6.26. The molecule has 0 N–H and O–H groups in total. The molecule has 0 unspecified atom stereocenters. The van der Waals surface area contributed by atoms with E-state index in [1.807, 2.05) is 6.07 Å². The monoisotopic (exact) mass is 399 g/mol. The van der Waals surface area contributed by atoms with Crippen LogP contribution >= 0.6 is 0 Å². The molecule has 1 aliphatic rings. The molecule has 0 bridgehead atoms. The Morgan fingerprint density at radius 3 is 2.20 bits per heavy atom. The van der Waals surface area contributed by atoms with Crippen molar-refractivity contribution in [3.63, 3.8) is 0 Å². The van der Waals surface area contributed by atoms with Gasteiger partial charge in [-0.15, -0.1) is 0 Å². The molecule has 0 aliphatic heterocycles. The molecule has 2 aromatic carbocycles. The van der Waals surface area contributed by atoms with E-state index in [4.69, 9.17) is 5.26 Å². The van der Waals surface area contributed by atoms with Gasteiger partial charge in [-0.2, -0.15) is 5.26 Å². The van der Waals surface area contributed by atoms with Crippen LogP contribution in [0.1, 0.15) is 62.5 Å². The predicted octanol–water partition coefficient (Wildman–Crippen LogP) is 6.90. The third kappa shape index (κ3) is 4.41. The third-order valence-electron chi connectivity index (χ3n) is 6.26. The highest BCUT2D eigenvalue weighted by atomic mass is 19.1. The van der Waals surface area contributed by atoms with Crippen LogP contribution in [-0.4, -0.2) is 9.97 Å². The molecule has 4 heteroatoms. The van der Waals surface area contributed by atoms with E-state index >= 15 is 0 Å². The van der Waals surface area contributed by atoms with Crippen LogP contribution in [0.2, 0.25) is 0 Å². The lowest BCUT2D eigenvalue weighted by atomic mass is 9.77. The number of hydrogen-bond acceptors (Lipinski definition) is 3. The first kappa shape index (κ1) is 20.2. The van der Waals surface area contributed by atoms with E-state index in [0.717, 1.165) is 17.0 Å². The van der Waals surface area contributed by atoms with Crippen LogP contribution < -0.4 is 0 Å². The van der Waals surface area contributed by atoms with Gasteiger partial charge in [0.15, 0.2) is 5.82 Å². The van der Waals surface area contributed by atoms with Crippen LogP contribution in [0.4, 0.5) is 4.39 Å². The lowest BCUT2D eigenvalue weighted by Gasteiger charge is -2.28. The molecule has 1 heterocycles. The van der Waals surface area contributed by atoms with Crippen molar-refractivity contribution >= 4 is 0 Å². The van der Waals surface area contributed by atoms with Gasteiger partial charge in [0.2, 0.25) is 0 Å². The highest BCUT2D eigenvalue weighted by molar-refractivity contribution is 5.64. The van der Waals surface area contributed by atoms with Gasteiger partial charge in [0.1, 0.15) is 11.9 Å². The summed E-state index contributed by atoms with van der Waals surface area (Å²) in [6.07, 6.45) is 11.5. The molecule has 1 aromatic heterocycles. The summed E-state index contributed by atoms with van der Waals surface area (Å²) >= 11 is 0. The summed E-state index contributed by atoms with van der Waals surface area (Å²) in [7, 11) is 0. The van der Waals surface area contributed by atoms with Gasteiger partial charge < -0.3 is 0 Å². The normalized spacial score (nSPS) is 18.7. The van der Waals surface area contributed by atoms with Gasteiger partial charge in [0, 0.05) is 23.5 Å². The second kappa shape index (κ2) is 9.17. The second-order valence-corrected chi connectivity index (χ2v) is 8.23. The van der Waals surface area contributed by atoms with E-state index in [1.54, 1.807) is 18.5 Å². The molecule has 0 radical (unpaired) electrons. The van der Waals surface area contributed by atoms with Crippen LogP contribution in [0.5, 0.6) is 0 Å². The molecular formula is C26H26FN3. The summed E-state index contributed by atoms with van der Waals surface area (Å²) in [4.78, 5) is 8.80. The minimum Gasteiger partial charge on any atom is -0.236 e. The molecule has 1 saturated carbocycles. The van der Waals surface area contributed by atoms with E-state index < -0.39 is 5.82 Å². The first-order valence-electron chi connectivity index (χ1n) is 10.8. The molecule has 3 aromatic rings. The zero-order valence-electron chi connectivity index (χ0n) is 17.3. The first-order chi connectivity index (χ1) is 14.7. The molecular weight excluding hydrogens is 373 g/mol. The highest BCUT2D eigenvalue weighted by Crippen LogP contribution is 2.38. The number of rotatable bonds is 5. The van der Waals surface area contributed by atoms with Crippen LogP contribution in [-0.2, 0) is 0 Å². The van der Waals surface area contributed by atoms with Gasteiger partial charge in [-0.1, -0.05) is 44.0 Å². The molecule has 0 atom stereocenters. The van der Waals surface area contributed by atoms with Crippen molar-refractivity contribution in [1.82, 2.24) is 9.97 Å². The maximum absolute atomic E-state index is 13.9. The molecule has 1 aliphatic carbocycles. The van der Waals surface area contributed by atoms with E-state index in [1.165, 1.54) is 56.2 Å². The van der Waals surface area contributed by atoms with Crippen molar-refractivity contribution in [3.8, 4) is 28.6 Å². The number of aromatic nitrogens is 2. The van der Waals surface area contributed by atoms with Gasteiger partial charge in [-0.25, -0.2) is 14.4 Å². The lowest BCUT2D eigenvalue weighted by Crippen LogP contribution is -2.13. The Kier molecular flexibility index (Phi) is 6.18. The Balaban J connectivity index is 1.45. The minimum atomic E-state index is -0.554. The fraction of sp³-hybridized carbons (Fsp3) is 0.346. The van der Waals surface area contributed by atoms with Crippen molar-refractivity contribution in [2.45, 2.75) is 51.4 Å². The SMILES string of the molecule is CCCC1CCC(c2ccc(-c3cnc(-c4ccc(C#N)c(F)c4)nc3)cc2)CC1. The summed E-state index contributed by atoms with van der Waals surface area (Å²) in [6.45, 7) is 2.28. The smallest absolute Gasteiger partial charge is 0.159 e. The van der Waals surface area contributed by atoms with Crippen molar-refractivity contribution in [2.75, 3.05) is 0 Å². The Hall–Kier alpha value is -3.06. The van der Waals surface area contributed by atoms with Crippen LogP contribution in [0.15, 0.2) is 54.9 Å². The summed E-state index contributed by atoms with van der Waals surface area (Å²) in [5.41, 5.74) is 4.03. The molecule has 30 heavy (non-hydrogen) atoms. The molecule has 3 nitrogen and oxygen atoms in total. The Morgan fingerprint density at radius 2 is 1.60 bits per heavy atom. The zero-order valence-corrected chi connectivity index (χ0v) is 17.3. The van der Waals surface area contributed by atoms with Gasteiger partial charge in [-0.05, 0) is 66.8 Å². The number of benzene rings is 2. The Labute approximate surface area is 177 Å². The summed E-state index contributed by atoms with van der Waals surface area (Å²) < 4.78 is 13.9. The average molecular weight is 400 g/mol. The van der Waals surface area contributed by atoms with Crippen LogP contribution in [0, 0.1) is 23.1 Å². The number of nitriles is 1. The lowest BCUT2D eigenvalue weighted by molar-refractivity contribution is 0.308. The fourth-order valence-corrected chi connectivity index (χ4v) is 4.51. The molecule has 4 rings (SSSR count). The standard InChI is InChI=1S/C26H26FN3/c1-2-3-18-4-6-19(7-5-18)20-8-10-21(11-9-20)24-16-29-26(30-17-24)22-12-13-23(15-28)25(27)14-22/h8-14,16-19H,2-7H2,1H3. The van der Waals surface area contributed by atoms with Crippen molar-refractivity contribution in [3.05, 3.63) is 71.8 Å². The molecule has 1 fully saturated rings. The van der Waals surface area contributed by atoms with Crippen LogP contribution in [0.3, 0.4) is 0 Å². The summed E-state index contributed by atoms with van der Waals surface area (Å²) in [5, 5.41) is 8.86. The average Bonchev–Trinajstić information content (AvgIpc) is 2.80. The summed E-state index contributed by atoms with van der Waals surface area (Å²) in [6, 6.07) is 15.0. The van der Waals surface area contributed by atoms with Crippen molar-refractivity contribution in [2.24, 2.45) is 5.92 Å². The predicted molar refractivity (Wildman–Crippen MR) is 117 cm³/mol. The fourth-order valence-electron chi connectivity index (χ4n) is 4.51. The Morgan fingerprint density at radius 1 is 0.933 bits per heavy atom. The summed E-state index contributed by atoms with van der Waals surface area (Å²) in [5.74, 6) is 1.49.